The Morgan fingerprint density at radius 3 is 2.89 bits per heavy atom. The van der Waals surface area contributed by atoms with Gasteiger partial charge in [0.15, 0.2) is 5.16 Å². The van der Waals surface area contributed by atoms with Crippen LogP contribution in [0.3, 0.4) is 0 Å². The minimum Gasteiger partial charge on any atom is -0.306 e. The van der Waals surface area contributed by atoms with Crippen LogP contribution in [0.1, 0.15) is 18.5 Å². The molecule has 2 heterocycles. The molecule has 4 nitrogen and oxygen atoms in total. The zero-order valence-electron chi connectivity index (χ0n) is 10.9. The van der Waals surface area contributed by atoms with Crippen LogP contribution < -0.4 is 0 Å². The summed E-state index contributed by atoms with van der Waals surface area (Å²) in [7, 11) is 2.11. The van der Waals surface area contributed by atoms with Crippen LogP contribution in [0.25, 0.3) is 0 Å². The van der Waals surface area contributed by atoms with Crippen LogP contribution in [0.2, 0.25) is 0 Å². The molecule has 0 atom stereocenters. The fourth-order valence-corrected chi connectivity index (χ4v) is 2.60. The Morgan fingerprint density at radius 1 is 1.50 bits per heavy atom. The van der Waals surface area contributed by atoms with Crippen molar-refractivity contribution >= 4 is 17.5 Å². The van der Waals surface area contributed by atoms with Crippen LogP contribution in [0.15, 0.2) is 17.4 Å². The number of rotatable bonds is 4. The second kappa shape index (κ2) is 6.29. The molecule has 0 aromatic carbocycles. The molecular formula is C13H19N3OS. The lowest BCUT2D eigenvalue weighted by atomic mass is 9.90. The minimum atomic E-state index is 0.217. The summed E-state index contributed by atoms with van der Waals surface area (Å²) in [5, 5.41) is 0.740. The number of thioether (sulfide) groups is 1. The van der Waals surface area contributed by atoms with Gasteiger partial charge in [0, 0.05) is 18.5 Å². The predicted molar refractivity (Wildman–Crippen MR) is 72.7 cm³/mol. The van der Waals surface area contributed by atoms with Gasteiger partial charge < -0.3 is 4.90 Å². The smallest absolute Gasteiger partial charge is 0.187 e. The number of likely N-dealkylation sites (tertiary alicyclic amines) is 1. The lowest BCUT2D eigenvalue weighted by Crippen LogP contribution is -2.34. The summed E-state index contributed by atoms with van der Waals surface area (Å²) in [6.45, 7) is 2.05. The fourth-order valence-electron chi connectivity index (χ4n) is 2.23. The first-order valence-electron chi connectivity index (χ1n) is 6.26. The molecule has 5 heteroatoms. The summed E-state index contributed by atoms with van der Waals surface area (Å²) in [6.07, 6.45) is 6.09. The first-order valence-corrected chi connectivity index (χ1v) is 7.48. The van der Waals surface area contributed by atoms with E-state index in [1.54, 1.807) is 6.20 Å². The zero-order chi connectivity index (χ0) is 13.0. The molecule has 1 fully saturated rings. The molecule has 1 aromatic rings. The third-order valence-corrected chi connectivity index (χ3v) is 3.96. The maximum atomic E-state index is 12.2. The summed E-state index contributed by atoms with van der Waals surface area (Å²) >= 11 is 1.51. The Kier molecular flexibility index (Phi) is 4.72. The van der Waals surface area contributed by atoms with Crippen molar-refractivity contribution in [1.29, 1.82) is 0 Å². The number of ketones is 1. The van der Waals surface area contributed by atoms with Crippen LogP contribution in [0, 0.1) is 5.92 Å². The van der Waals surface area contributed by atoms with Gasteiger partial charge in [0.1, 0.15) is 5.78 Å². The number of nitrogens with zero attached hydrogens (tertiary/aromatic N) is 3. The number of hydrogen-bond acceptors (Lipinski definition) is 5. The Balaban J connectivity index is 1.94. The first kappa shape index (κ1) is 13.5. The van der Waals surface area contributed by atoms with E-state index in [-0.39, 0.29) is 5.92 Å². The van der Waals surface area contributed by atoms with E-state index in [2.05, 4.69) is 21.9 Å². The molecule has 1 aliphatic heterocycles. The molecule has 0 saturated carbocycles. The molecular weight excluding hydrogens is 246 g/mol. The third-order valence-electron chi connectivity index (χ3n) is 3.40. The van der Waals surface area contributed by atoms with E-state index >= 15 is 0 Å². The highest BCUT2D eigenvalue weighted by molar-refractivity contribution is 7.98. The second-order valence-corrected chi connectivity index (χ2v) is 5.53. The van der Waals surface area contributed by atoms with E-state index < -0.39 is 0 Å². The van der Waals surface area contributed by atoms with E-state index in [0.717, 1.165) is 36.8 Å². The fraction of sp³-hybridized carbons (Fsp3) is 0.615. The second-order valence-electron chi connectivity index (χ2n) is 4.76. The lowest BCUT2D eigenvalue weighted by molar-refractivity contribution is -0.123. The SMILES string of the molecule is CSc1nccc(CC(=O)C2CCN(C)CC2)n1. The Morgan fingerprint density at radius 2 is 2.22 bits per heavy atom. The largest absolute Gasteiger partial charge is 0.306 e. The van der Waals surface area contributed by atoms with Crippen LogP contribution in [-0.2, 0) is 11.2 Å². The van der Waals surface area contributed by atoms with Crippen LogP contribution in [0.5, 0.6) is 0 Å². The molecule has 1 saturated heterocycles. The maximum Gasteiger partial charge on any atom is 0.187 e. The van der Waals surface area contributed by atoms with Crippen molar-refractivity contribution in [3.8, 4) is 0 Å². The zero-order valence-corrected chi connectivity index (χ0v) is 11.7. The molecule has 1 aromatic heterocycles. The van der Waals surface area contributed by atoms with Gasteiger partial charge in [-0.05, 0) is 45.3 Å². The van der Waals surface area contributed by atoms with E-state index in [1.807, 2.05) is 12.3 Å². The number of piperidine rings is 1. The van der Waals surface area contributed by atoms with Crippen molar-refractivity contribution < 1.29 is 4.79 Å². The van der Waals surface area contributed by atoms with E-state index in [1.165, 1.54) is 11.8 Å². The normalized spacial score (nSPS) is 17.9. The van der Waals surface area contributed by atoms with Crippen LogP contribution in [0.4, 0.5) is 0 Å². The lowest BCUT2D eigenvalue weighted by Gasteiger charge is -2.27. The summed E-state index contributed by atoms with van der Waals surface area (Å²) in [5.41, 5.74) is 0.846. The van der Waals surface area contributed by atoms with Crippen molar-refractivity contribution in [3.63, 3.8) is 0 Å². The third kappa shape index (κ3) is 3.53. The average Bonchev–Trinajstić information content (AvgIpc) is 2.39. The summed E-state index contributed by atoms with van der Waals surface area (Å²) in [5.74, 6) is 0.544. The summed E-state index contributed by atoms with van der Waals surface area (Å²) in [4.78, 5) is 22.9. The number of hydrogen-bond donors (Lipinski definition) is 0. The molecule has 1 aliphatic rings. The highest BCUT2D eigenvalue weighted by Crippen LogP contribution is 2.19. The molecule has 0 unspecified atom stereocenters. The molecule has 0 spiro atoms. The molecule has 0 N–H and O–H groups in total. The standard InChI is InChI=1S/C13H19N3OS/c1-16-7-4-10(5-8-16)12(17)9-11-3-6-14-13(15-11)18-2/h3,6,10H,4-5,7-9H2,1-2H3. The van der Waals surface area contributed by atoms with Gasteiger partial charge in [0.05, 0.1) is 5.69 Å². The Labute approximate surface area is 112 Å². The van der Waals surface area contributed by atoms with Gasteiger partial charge >= 0.3 is 0 Å². The molecule has 2 rings (SSSR count). The van der Waals surface area contributed by atoms with Gasteiger partial charge in [-0.3, -0.25) is 4.79 Å². The van der Waals surface area contributed by atoms with Gasteiger partial charge in [-0.2, -0.15) is 0 Å². The molecule has 0 aliphatic carbocycles. The van der Waals surface area contributed by atoms with Gasteiger partial charge in [0.25, 0.3) is 0 Å². The highest BCUT2D eigenvalue weighted by atomic mass is 32.2. The van der Waals surface area contributed by atoms with Crippen molar-refractivity contribution in [2.75, 3.05) is 26.4 Å². The predicted octanol–water partition coefficient (Wildman–Crippen LogP) is 1.65. The van der Waals surface area contributed by atoms with E-state index in [0.29, 0.717) is 12.2 Å². The molecule has 0 bridgehead atoms. The van der Waals surface area contributed by atoms with E-state index in [9.17, 15) is 4.79 Å². The van der Waals surface area contributed by atoms with Crippen molar-refractivity contribution in [2.24, 2.45) is 5.92 Å². The molecule has 0 radical (unpaired) electrons. The minimum absolute atomic E-state index is 0.217. The summed E-state index contributed by atoms with van der Waals surface area (Å²) < 4.78 is 0. The number of Topliss-reactive ketones (excluding diaryl/α,β-unsaturated/α-hetero) is 1. The summed E-state index contributed by atoms with van der Waals surface area (Å²) in [6, 6.07) is 1.84. The quantitative estimate of drug-likeness (QED) is 0.612. The molecule has 98 valence electrons. The average molecular weight is 265 g/mol. The van der Waals surface area contributed by atoms with Gasteiger partial charge in [-0.25, -0.2) is 9.97 Å². The maximum absolute atomic E-state index is 12.2. The van der Waals surface area contributed by atoms with Gasteiger partial charge in [-0.15, -0.1) is 0 Å². The molecule has 18 heavy (non-hydrogen) atoms. The van der Waals surface area contributed by atoms with Gasteiger partial charge in [-0.1, -0.05) is 11.8 Å². The Bertz CT molecular complexity index is 416. The van der Waals surface area contributed by atoms with Crippen molar-refractivity contribution in [2.45, 2.75) is 24.4 Å². The Hall–Kier alpha value is -0.940. The first-order chi connectivity index (χ1) is 8.69. The highest BCUT2D eigenvalue weighted by Gasteiger charge is 2.23. The number of aromatic nitrogens is 2. The number of carbonyl (C=O) groups is 1. The van der Waals surface area contributed by atoms with Crippen molar-refractivity contribution in [1.82, 2.24) is 14.9 Å². The monoisotopic (exact) mass is 265 g/mol. The number of carbonyl (C=O) groups excluding carboxylic acids is 1. The van der Waals surface area contributed by atoms with Gasteiger partial charge in [0.2, 0.25) is 0 Å². The molecule has 0 amide bonds. The van der Waals surface area contributed by atoms with Crippen LogP contribution >= 0.6 is 11.8 Å². The van der Waals surface area contributed by atoms with Crippen LogP contribution in [-0.4, -0.2) is 47.0 Å². The van der Waals surface area contributed by atoms with Crippen molar-refractivity contribution in [3.05, 3.63) is 18.0 Å². The topological polar surface area (TPSA) is 46.1 Å². The van der Waals surface area contributed by atoms with E-state index in [4.69, 9.17) is 0 Å².